The molecule has 4 heterocycles. The van der Waals surface area contributed by atoms with Crippen molar-refractivity contribution in [1.29, 1.82) is 0 Å². The number of hydrogen-bond donors (Lipinski definition) is 0. The lowest BCUT2D eigenvalue weighted by Crippen LogP contribution is -2.50. The fraction of sp³-hybridized carbons (Fsp3) is 0.0417. The van der Waals surface area contributed by atoms with E-state index in [0.29, 0.717) is 0 Å². The van der Waals surface area contributed by atoms with Gasteiger partial charge in [-0.3, -0.25) is 0 Å². The number of para-hydroxylation sites is 3. The zero-order valence-corrected chi connectivity index (χ0v) is 30.5. The van der Waals surface area contributed by atoms with Gasteiger partial charge in [-0.05, 0) is 76.6 Å². The fourth-order valence-electron chi connectivity index (χ4n) is 8.87. The number of benzene rings is 7. The normalized spacial score (nSPS) is 13.2. The average Bonchev–Trinajstić information content (AvgIpc) is 3.80. The van der Waals surface area contributed by atoms with Crippen LogP contribution in [0.5, 0.6) is 0 Å². The Kier molecular flexibility index (Phi) is 6.37. The van der Waals surface area contributed by atoms with Crippen LogP contribution in [-0.4, -0.2) is 27.2 Å². The topological polar surface area (TPSA) is 35.6 Å². The van der Waals surface area contributed by atoms with Gasteiger partial charge in [-0.25, -0.2) is 9.97 Å². The van der Waals surface area contributed by atoms with Gasteiger partial charge in [0.15, 0.2) is 5.82 Å². The second-order valence-corrected chi connectivity index (χ2v) is 18.9. The van der Waals surface area contributed by atoms with Gasteiger partial charge in [0.25, 0.3) is 0 Å². The van der Waals surface area contributed by atoms with E-state index in [1.807, 2.05) is 0 Å². The van der Waals surface area contributed by atoms with Crippen LogP contribution in [0.4, 0.5) is 0 Å². The Morgan fingerprint density at radius 3 is 1.60 bits per heavy atom. The molecule has 0 fully saturated rings. The first kappa shape index (κ1) is 30.1. The van der Waals surface area contributed by atoms with Crippen LogP contribution in [0.15, 0.2) is 170 Å². The number of fused-ring (bicyclic) bond motifs is 9. The molecule has 0 radical (unpaired) electrons. The predicted molar refractivity (Wildman–Crippen MR) is 224 cm³/mol. The SMILES string of the molecule is C[Si]1(C)c2ccccc2-c2nc(-c3ccc(-n4c5ccccc5c5cc6c7ccccc7n(-c7ccccc7)c6cc54)cc3)nc(-c3ccccc3)c21. The molecule has 1 aliphatic heterocycles. The molecule has 10 aromatic rings. The molecule has 53 heavy (non-hydrogen) atoms. The van der Waals surface area contributed by atoms with Gasteiger partial charge in [-0.1, -0.05) is 122 Å². The Balaban J connectivity index is 1.12. The molecule has 0 bridgehead atoms. The Morgan fingerprint density at radius 2 is 0.943 bits per heavy atom. The summed E-state index contributed by atoms with van der Waals surface area (Å²) in [6, 6.07) is 61.3. The van der Waals surface area contributed by atoms with Crippen LogP contribution >= 0.6 is 0 Å². The lowest BCUT2D eigenvalue weighted by molar-refractivity contribution is 1.16. The van der Waals surface area contributed by atoms with Crippen LogP contribution in [0, 0.1) is 0 Å². The maximum Gasteiger partial charge on any atom is 0.160 e. The molecule has 0 atom stereocenters. The summed E-state index contributed by atoms with van der Waals surface area (Å²) in [7, 11) is -2.02. The van der Waals surface area contributed by atoms with Crippen molar-refractivity contribution in [3.05, 3.63) is 170 Å². The average molecular weight is 695 g/mol. The van der Waals surface area contributed by atoms with E-state index in [2.05, 4.69) is 192 Å². The summed E-state index contributed by atoms with van der Waals surface area (Å²) in [5, 5.41) is 7.76. The quantitative estimate of drug-likeness (QED) is 0.172. The van der Waals surface area contributed by atoms with Crippen molar-refractivity contribution in [2.24, 2.45) is 0 Å². The van der Waals surface area contributed by atoms with Gasteiger partial charge in [0.1, 0.15) is 8.07 Å². The molecular formula is C48H34N4Si. The largest absolute Gasteiger partial charge is 0.309 e. The van der Waals surface area contributed by atoms with E-state index in [0.717, 1.165) is 39.7 Å². The third-order valence-corrected chi connectivity index (χ3v) is 14.8. The highest BCUT2D eigenvalue weighted by Gasteiger charge is 2.41. The van der Waals surface area contributed by atoms with E-state index < -0.39 is 8.07 Å². The summed E-state index contributed by atoms with van der Waals surface area (Å²) < 4.78 is 4.80. The summed E-state index contributed by atoms with van der Waals surface area (Å²) in [5.74, 6) is 0.756. The van der Waals surface area contributed by atoms with Crippen molar-refractivity contribution in [3.8, 4) is 45.3 Å². The smallest absolute Gasteiger partial charge is 0.160 e. The molecule has 0 aliphatic carbocycles. The Morgan fingerprint density at radius 1 is 0.415 bits per heavy atom. The highest BCUT2D eigenvalue weighted by Crippen LogP contribution is 2.40. The van der Waals surface area contributed by atoms with E-state index in [4.69, 9.17) is 9.97 Å². The molecule has 250 valence electrons. The van der Waals surface area contributed by atoms with Gasteiger partial charge < -0.3 is 9.13 Å². The fourth-order valence-corrected chi connectivity index (χ4v) is 12.1. The molecule has 0 saturated carbocycles. The number of aromatic nitrogens is 4. The van der Waals surface area contributed by atoms with E-state index >= 15 is 0 Å². The van der Waals surface area contributed by atoms with E-state index in [-0.39, 0.29) is 0 Å². The van der Waals surface area contributed by atoms with E-state index in [1.54, 1.807) is 0 Å². The lowest BCUT2D eigenvalue weighted by Gasteiger charge is -2.21. The summed E-state index contributed by atoms with van der Waals surface area (Å²) in [6.07, 6.45) is 0. The summed E-state index contributed by atoms with van der Waals surface area (Å²) >= 11 is 0. The minimum Gasteiger partial charge on any atom is -0.309 e. The third-order valence-electron chi connectivity index (χ3n) is 11.3. The van der Waals surface area contributed by atoms with Crippen molar-refractivity contribution < 1.29 is 0 Å². The molecule has 7 aromatic carbocycles. The van der Waals surface area contributed by atoms with E-state index in [9.17, 15) is 0 Å². The predicted octanol–water partition coefficient (Wildman–Crippen LogP) is 10.8. The van der Waals surface area contributed by atoms with Crippen LogP contribution in [-0.2, 0) is 0 Å². The molecular weight excluding hydrogens is 661 g/mol. The third kappa shape index (κ3) is 4.35. The van der Waals surface area contributed by atoms with Crippen LogP contribution in [0.2, 0.25) is 13.1 Å². The van der Waals surface area contributed by atoms with Crippen molar-refractivity contribution in [3.63, 3.8) is 0 Å². The van der Waals surface area contributed by atoms with Gasteiger partial charge >= 0.3 is 0 Å². The molecule has 0 saturated heterocycles. The minimum absolute atomic E-state index is 0.756. The molecule has 0 unspecified atom stereocenters. The second kappa shape index (κ2) is 11.2. The molecule has 1 aliphatic rings. The monoisotopic (exact) mass is 694 g/mol. The summed E-state index contributed by atoms with van der Waals surface area (Å²) in [5.41, 5.74) is 12.6. The van der Waals surface area contributed by atoms with E-state index in [1.165, 1.54) is 59.5 Å². The zero-order chi connectivity index (χ0) is 35.3. The van der Waals surface area contributed by atoms with Crippen molar-refractivity contribution in [1.82, 2.24) is 19.1 Å². The summed E-state index contributed by atoms with van der Waals surface area (Å²) in [6.45, 7) is 4.86. The van der Waals surface area contributed by atoms with Gasteiger partial charge in [0, 0.05) is 44.0 Å². The molecule has 5 heteroatoms. The highest BCUT2D eigenvalue weighted by molar-refractivity contribution is 7.04. The molecule has 0 amide bonds. The van der Waals surface area contributed by atoms with Crippen LogP contribution in [0.3, 0.4) is 0 Å². The Bertz CT molecular complexity index is 3070. The molecule has 3 aromatic heterocycles. The first-order valence-corrected chi connectivity index (χ1v) is 21.3. The van der Waals surface area contributed by atoms with Gasteiger partial charge in [-0.15, -0.1) is 0 Å². The number of rotatable bonds is 4. The first-order valence-electron chi connectivity index (χ1n) is 18.3. The van der Waals surface area contributed by atoms with Crippen molar-refractivity contribution in [2.45, 2.75) is 13.1 Å². The van der Waals surface area contributed by atoms with Gasteiger partial charge in [-0.2, -0.15) is 0 Å². The summed E-state index contributed by atoms with van der Waals surface area (Å²) in [4.78, 5) is 10.7. The zero-order valence-electron chi connectivity index (χ0n) is 29.5. The second-order valence-electron chi connectivity index (χ2n) is 14.6. The molecule has 4 nitrogen and oxygen atoms in total. The molecule has 0 N–H and O–H groups in total. The van der Waals surface area contributed by atoms with Crippen LogP contribution < -0.4 is 10.4 Å². The maximum atomic E-state index is 5.36. The van der Waals surface area contributed by atoms with Gasteiger partial charge in [0.05, 0.1) is 33.5 Å². The van der Waals surface area contributed by atoms with Crippen molar-refractivity contribution in [2.75, 3.05) is 0 Å². The number of nitrogens with zero attached hydrogens (tertiary/aromatic N) is 4. The van der Waals surface area contributed by atoms with Crippen molar-refractivity contribution >= 4 is 62.1 Å². The lowest BCUT2D eigenvalue weighted by atomic mass is 10.1. The molecule has 0 spiro atoms. The highest BCUT2D eigenvalue weighted by atomic mass is 28.3. The molecule has 11 rings (SSSR count). The Labute approximate surface area is 308 Å². The maximum absolute atomic E-state index is 5.36. The first-order chi connectivity index (χ1) is 26.1. The van der Waals surface area contributed by atoms with Gasteiger partial charge in [0.2, 0.25) is 0 Å². The van der Waals surface area contributed by atoms with Crippen LogP contribution in [0.25, 0.3) is 88.9 Å². The van der Waals surface area contributed by atoms with Crippen LogP contribution in [0.1, 0.15) is 0 Å². The minimum atomic E-state index is -2.02. The Hall–Kier alpha value is -6.56. The standard InChI is InChI=1S/C48H34N4Si/c1-53(2)44-24-14-11-21-37(44)46-47(53)45(31-15-5-3-6-16-31)49-48(50-46)32-25-27-34(28-26-32)52-41-23-13-10-20-36(41)39-29-38-35-19-9-12-22-40(35)51(42(38)30-43(39)52)33-17-7-4-8-18-33/h3-30H,1-2H3. The number of hydrogen-bond acceptors (Lipinski definition) is 2.